The van der Waals surface area contributed by atoms with Crippen LogP contribution in [0.15, 0.2) is 59.1 Å². The van der Waals surface area contributed by atoms with E-state index in [-0.39, 0.29) is 21.7 Å². The van der Waals surface area contributed by atoms with Crippen molar-refractivity contribution < 1.29 is 22.7 Å². The van der Waals surface area contributed by atoms with Crippen LogP contribution in [0.25, 0.3) is 0 Å². The second-order valence-electron chi connectivity index (χ2n) is 7.11. The first-order valence-electron chi connectivity index (χ1n) is 9.26. The molecule has 4 rings (SSSR count). The van der Waals surface area contributed by atoms with Crippen molar-refractivity contribution in [3.8, 4) is 0 Å². The molecule has 1 aliphatic carbocycles. The summed E-state index contributed by atoms with van der Waals surface area (Å²) in [5.74, 6) is -0.643. The number of fused-ring (bicyclic) bond motifs is 1. The molecule has 3 N–H and O–H groups in total. The van der Waals surface area contributed by atoms with E-state index in [1.165, 1.54) is 18.2 Å². The molecule has 0 spiro atoms. The minimum absolute atomic E-state index is 0.0205. The van der Waals surface area contributed by atoms with Crippen LogP contribution in [0.2, 0.25) is 0 Å². The molecule has 0 aromatic heterocycles. The number of nitrogens with two attached hydrogens (primary N) is 1. The van der Waals surface area contributed by atoms with Crippen LogP contribution in [-0.2, 0) is 14.8 Å². The summed E-state index contributed by atoms with van der Waals surface area (Å²) in [6, 6.07) is 11.8. The quantitative estimate of drug-likeness (QED) is 0.798. The van der Waals surface area contributed by atoms with E-state index >= 15 is 0 Å². The maximum Gasteiger partial charge on any atom is 0.238 e. The molecule has 8 heteroatoms. The number of nitrogens with one attached hydrogen (secondary N) is 1. The molecule has 0 unspecified atom stereocenters. The molecule has 150 valence electrons. The Morgan fingerprint density at radius 2 is 1.76 bits per heavy atom. The third-order valence-corrected chi connectivity index (χ3v) is 6.16. The number of hydrogen-bond donors (Lipinski definition) is 2. The second kappa shape index (κ2) is 7.55. The Labute approximate surface area is 168 Å². The summed E-state index contributed by atoms with van der Waals surface area (Å²) in [4.78, 5) is 25.2. The first-order valence-corrected chi connectivity index (χ1v) is 10.8. The highest BCUT2D eigenvalue weighted by atomic mass is 32.2. The third kappa shape index (κ3) is 3.87. The summed E-state index contributed by atoms with van der Waals surface area (Å²) in [7, 11) is -4.13. The highest BCUT2D eigenvalue weighted by molar-refractivity contribution is 7.89. The molecule has 1 fully saturated rings. The van der Waals surface area contributed by atoms with Crippen molar-refractivity contribution in [1.29, 1.82) is 0 Å². The summed E-state index contributed by atoms with van der Waals surface area (Å²) in [5, 5.41) is 8.22. The van der Waals surface area contributed by atoms with Gasteiger partial charge in [0.2, 0.25) is 15.8 Å². The van der Waals surface area contributed by atoms with Crippen molar-refractivity contribution in [2.24, 2.45) is 5.14 Å². The molecule has 2 aromatic carbocycles. The van der Waals surface area contributed by atoms with E-state index in [1.807, 2.05) is 24.3 Å². The van der Waals surface area contributed by atoms with Crippen molar-refractivity contribution in [3.63, 3.8) is 0 Å². The van der Waals surface area contributed by atoms with E-state index in [0.29, 0.717) is 11.6 Å². The fourth-order valence-corrected chi connectivity index (χ4v) is 4.54. The van der Waals surface area contributed by atoms with E-state index in [4.69, 9.17) is 9.88 Å². The predicted molar refractivity (Wildman–Crippen MR) is 107 cm³/mol. The monoisotopic (exact) mass is 412 g/mol. The highest BCUT2D eigenvalue weighted by Gasteiger charge is 2.31. The summed E-state index contributed by atoms with van der Waals surface area (Å²) >= 11 is 0. The number of allylic oxidation sites excluding steroid dienone is 2. The number of rotatable bonds is 4. The Morgan fingerprint density at radius 3 is 2.48 bits per heavy atom. The maximum absolute atomic E-state index is 12.9. The van der Waals surface area contributed by atoms with Crippen LogP contribution >= 0.6 is 0 Å². The lowest BCUT2D eigenvalue weighted by molar-refractivity contribution is 0.0853. The molecule has 7 nitrogen and oxygen atoms in total. The van der Waals surface area contributed by atoms with Gasteiger partial charge in [0.15, 0.2) is 5.78 Å². The summed E-state index contributed by atoms with van der Waals surface area (Å²) in [6.45, 7) is 1.45. The first-order chi connectivity index (χ1) is 13.8. The molecular weight excluding hydrogens is 392 g/mol. The lowest BCUT2D eigenvalue weighted by atomic mass is 9.91. The average molecular weight is 412 g/mol. The highest BCUT2D eigenvalue weighted by Crippen LogP contribution is 2.30. The molecule has 0 amide bonds. The van der Waals surface area contributed by atoms with E-state index < -0.39 is 21.6 Å². The molecule has 29 heavy (non-hydrogen) atoms. The maximum atomic E-state index is 12.9. The van der Waals surface area contributed by atoms with Gasteiger partial charge in [-0.2, -0.15) is 0 Å². The number of ether oxygens (including phenoxy) is 1. The van der Waals surface area contributed by atoms with E-state index in [2.05, 4.69) is 5.32 Å². The minimum Gasteiger partial charge on any atom is -0.381 e. The number of carbonyl (C=O) groups is 2. The molecule has 0 bridgehead atoms. The van der Waals surface area contributed by atoms with Crippen LogP contribution in [0.3, 0.4) is 0 Å². The predicted octanol–water partition coefficient (Wildman–Crippen LogP) is 2.60. The van der Waals surface area contributed by atoms with Gasteiger partial charge in [-0.3, -0.25) is 9.59 Å². The number of anilines is 1. The normalized spacial score (nSPS) is 17.6. The van der Waals surface area contributed by atoms with Crippen LogP contribution in [0.4, 0.5) is 5.69 Å². The van der Waals surface area contributed by atoms with Gasteiger partial charge < -0.3 is 10.1 Å². The van der Waals surface area contributed by atoms with Crippen LogP contribution in [0.1, 0.15) is 45.0 Å². The Kier molecular flexibility index (Phi) is 5.08. The van der Waals surface area contributed by atoms with Crippen molar-refractivity contribution in [2.45, 2.75) is 23.7 Å². The lowest BCUT2D eigenvalue weighted by Gasteiger charge is -2.23. The molecule has 0 radical (unpaired) electrons. The van der Waals surface area contributed by atoms with Gasteiger partial charge in [0.1, 0.15) is 0 Å². The SMILES string of the molecule is NS(=O)(=O)c1cccc2c1C(=O)C=C(Nc1cccc(C3CCOCC3)c1)C2=O. The largest absolute Gasteiger partial charge is 0.381 e. The first kappa shape index (κ1) is 19.5. The van der Waals surface area contributed by atoms with Gasteiger partial charge >= 0.3 is 0 Å². The van der Waals surface area contributed by atoms with Crippen molar-refractivity contribution >= 4 is 27.3 Å². The smallest absolute Gasteiger partial charge is 0.238 e. The second-order valence-corrected chi connectivity index (χ2v) is 8.64. The molecule has 2 aromatic rings. The number of ketones is 2. The standard InChI is InChI=1S/C21H20N2O5S/c22-29(26,27)19-6-2-5-16-20(19)18(24)12-17(21(16)25)23-15-4-1-3-14(11-15)13-7-9-28-10-8-13/h1-6,11-13,23H,7-10H2,(H2,22,26,27). The van der Waals surface area contributed by atoms with Gasteiger partial charge in [-0.1, -0.05) is 24.3 Å². The van der Waals surface area contributed by atoms with Crippen molar-refractivity contribution in [1.82, 2.24) is 0 Å². The lowest BCUT2D eigenvalue weighted by Crippen LogP contribution is -2.25. The zero-order valence-corrected chi connectivity index (χ0v) is 16.4. The topological polar surface area (TPSA) is 116 Å². The number of primary sulfonamides is 1. The number of Topliss-reactive ketones (excluding diaryl/α,β-unsaturated/α-hetero) is 1. The third-order valence-electron chi connectivity index (χ3n) is 5.20. The Hall–Kier alpha value is -2.81. The zero-order valence-electron chi connectivity index (χ0n) is 15.6. The molecule has 0 saturated carbocycles. The summed E-state index contributed by atoms with van der Waals surface area (Å²) in [5.41, 5.74) is 1.77. The Bertz CT molecular complexity index is 1130. The van der Waals surface area contributed by atoms with Crippen molar-refractivity contribution in [2.75, 3.05) is 18.5 Å². The molecule has 0 atom stereocenters. The number of carbonyl (C=O) groups excluding carboxylic acids is 2. The van der Waals surface area contributed by atoms with Gasteiger partial charge in [-0.15, -0.1) is 0 Å². The van der Waals surface area contributed by atoms with Crippen LogP contribution in [0, 0.1) is 0 Å². The number of hydrogen-bond acceptors (Lipinski definition) is 6. The van der Waals surface area contributed by atoms with E-state index in [1.54, 1.807) is 0 Å². The molecule has 1 aliphatic heterocycles. The van der Waals surface area contributed by atoms with E-state index in [9.17, 15) is 18.0 Å². The fraction of sp³-hybridized carbons (Fsp3) is 0.238. The zero-order chi connectivity index (χ0) is 20.6. The molecule has 2 aliphatic rings. The van der Waals surface area contributed by atoms with Gasteiger partial charge in [-0.25, -0.2) is 13.6 Å². The van der Waals surface area contributed by atoms with Gasteiger partial charge in [0, 0.05) is 30.5 Å². The minimum atomic E-state index is -4.13. The van der Waals surface area contributed by atoms with E-state index in [0.717, 1.165) is 37.7 Å². The van der Waals surface area contributed by atoms with Crippen LogP contribution in [0.5, 0.6) is 0 Å². The molecule has 1 heterocycles. The molecular formula is C21H20N2O5S. The van der Waals surface area contributed by atoms with Gasteiger partial charge in [0.25, 0.3) is 0 Å². The summed E-state index contributed by atoms with van der Waals surface area (Å²) in [6.07, 6.45) is 3.00. The number of benzene rings is 2. The average Bonchev–Trinajstić information content (AvgIpc) is 2.71. The van der Waals surface area contributed by atoms with Gasteiger partial charge in [0.05, 0.1) is 16.2 Å². The van der Waals surface area contributed by atoms with Gasteiger partial charge in [-0.05, 0) is 42.5 Å². The van der Waals surface area contributed by atoms with Crippen LogP contribution in [-0.4, -0.2) is 33.2 Å². The Balaban J connectivity index is 1.64. The van der Waals surface area contributed by atoms with Crippen LogP contribution < -0.4 is 10.5 Å². The van der Waals surface area contributed by atoms with Crippen molar-refractivity contribution in [3.05, 3.63) is 70.9 Å². The fourth-order valence-electron chi connectivity index (χ4n) is 3.78. The Morgan fingerprint density at radius 1 is 1.03 bits per heavy atom. The number of sulfonamides is 1. The summed E-state index contributed by atoms with van der Waals surface area (Å²) < 4.78 is 29.0. The molecule has 1 saturated heterocycles.